The van der Waals surface area contributed by atoms with Crippen LogP contribution in [0.25, 0.3) is 0 Å². The molecule has 0 fully saturated rings. The van der Waals surface area contributed by atoms with E-state index in [9.17, 15) is 9.50 Å². The number of unbranched alkanes of at least 4 members (excludes halogenated alkanes) is 2. The number of rotatable bonds is 6. The molecule has 0 aliphatic rings. The molecule has 5 heteroatoms. The second kappa shape index (κ2) is 6.37. The van der Waals surface area contributed by atoms with Gasteiger partial charge in [0.15, 0.2) is 0 Å². The van der Waals surface area contributed by atoms with Crippen LogP contribution >= 0.6 is 0 Å². The summed E-state index contributed by atoms with van der Waals surface area (Å²) in [5.74, 6) is -0.648. The van der Waals surface area contributed by atoms with Crippen molar-refractivity contribution in [2.75, 3.05) is 7.11 Å². The Morgan fingerprint density at radius 2 is 2.25 bits per heavy atom. The highest BCUT2D eigenvalue weighted by atomic mass is 19.1. The average Bonchev–Trinajstić information content (AvgIpc) is 2.29. The summed E-state index contributed by atoms with van der Waals surface area (Å²) >= 11 is 0. The maximum absolute atomic E-state index is 13.4. The van der Waals surface area contributed by atoms with E-state index in [1.807, 2.05) is 0 Å². The van der Waals surface area contributed by atoms with Crippen molar-refractivity contribution in [1.82, 2.24) is 9.97 Å². The van der Waals surface area contributed by atoms with E-state index < -0.39 is 12.1 Å². The number of hydrogen-bond donors (Lipinski definition) is 1. The molecular weight excluding hydrogens is 211 g/mol. The van der Waals surface area contributed by atoms with Crippen molar-refractivity contribution in [3.05, 3.63) is 17.8 Å². The highest BCUT2D eigenvalue weighted by Gasteiger charge is 2.16. The number of halogens is 1. The smallest absolute Gasteiger partial charge is 0.240 e. The molecule has 1 aromatic rings. The molecule has 0 aliphatic carbocycles. The lowest BCUT2D eigenvalue weighted by Crippen LogP contribution is -2.06. The zero-order chi connectivity index (χ0) is 12.0. The van der Waals surface area contributed by atoms with E-state index in [-0.39, 0.29) is 11.6 Å². The van der Waals surface area contributed by atoms with Gasteiger partial charge in [0.2, 0.25) is 11.8 Å². The fraction of sp³-hybridized carbons (Fsp3) is 0.636. The molecule has 1 atom stereocenters. The summed E-state index contributed by atoms with van der Waals surface area (Å²) in [4.78, 5) is 7.34. The predicted octanol–water partition coefficient (Wildman–Crippen LogP) is 2.24. The molecule has 0 amide bonds. The second-order valence-electron chi connectivity index (χ2n) is 3.60. The molecule has 1 heterocycles. The Balaban J connectivity index is 2.64. The average molecular weight is 228 g/mol. The molecule has 1 aromatic heterocycles. The largest absolute Gasteiger partial charge is 0.480 e. The summed E-state index contributed by atoms with van der Waals surface area (Å²) < 4.78 is 18.1. The molecule has 0 saturated carbocycles. The van der Waals surface area contributed by atoms with Gasteiger partial charge in [-0.2, -0.15) is 9.37 Å². The monoisotopic (exact) mass is 228 g/mol. The highest BCUT2D eigenvalue weighted by Crippen LogP contribution is 2.20. The van der Waals surface area contributed by atoms with Crippen LogP contribution in [0.4, 0.5) is 4.39 Å². The van der Waals surface area contributed by atoms with Crippen LogP contribution < -0.4 is 4.74 Å². The van der Waals surface area contributed by atoms with Gasteiger partial charge in [-0.25, -0.2) is 4.98 Å². The number of aliphatic hydroxyl groups is 1. The lowest BCUT2D eigenvalue weighted by atomic mass is 10.1. The van der Waals surface area contributed by atoms with E-state index in [1.54, 1.807) is 0 Å². The lowest BCUT2D eigenvalue weighted by molar-refractivity contribution is 0.152. The van der Waals surface area contributed by atoms with E-state index in [1.165, 1.54) is 13.3 Å². The number of aromatic nitrogens is 2. The van der Waals surface area contributed by atoms with Gasteiger partial charge < -0.3 is 9.84 Å². The standard InChI is InChI=1S/C11H17FN2O2/c1-3-4-5-6-8(15)10-11(12)14-9(16-2)7-13-10/h7-8,15H,3-6H2,1-2H3. The summed E-state index contributed by atoms with van der Waals surface area (Å²) in [7, 11) is 1.39. The van der Waals surface area contributed by atoms with Crippen molar-refractivity contribution < 1.29 is 14.2 Å². The van der Waals surface area contributed by atoms with Gasteiger partial charge in [0.25, 0.3) is 0 Å². The Kier molecular flexibility index (Phi) is 5.11. The Morgan fingerprint density at radius 1 is 1.50 bits per heavy atom. The molecule has 1 unspecified atom stereocenters. The van der Waals surface area contributed by atoms with Crippen LogP contribution in [0.2, 0.25) is 0 Å². The van der Waals surface area contributed by atoms with Crippen molar-refractivity contribution >= 4 is 0 Å². The Morgan fingerprint density at radius 3 is 2.81 bits per heavy atom. The van der Waals surface area contributed by atoms with Crippen molar-refractivity contribution in [1.29, 1.82) is 0 Å². The zero-order valence-corrected chi connectivity index (χ0v) is 9.61. The number of hydrogen-bond acceptors (Lipinski definition) is 4. The third-order valence-corrected chi connectivity index (χ3v) is 2.34. The van der Waals surface area contributed by atoms with Crippen molar-refractivity contribution in [3.8, 4) is 5.88 Å². The van der Waals surface area contributed by atoms with Crippen LogP contribution in [0.15, 0.2) is 6.20 Å². The first-order valence-corrected chi connectivity index (χ1v) is 5.43. The normalized spacial score (nSPS) is 12.5. The first-order valence-electron chi connectivity index (χ1n) is 5.43. The Bertz CT molecular complexity index is 334. The van der Waals surface area contributed by atoms with E-state index in [0.29, 0.717) is 6.42 Å². The van der Waals surface area contributed by atoms with Crippen LogP contribution in [0.3, 0.4) is 0 Å². The summed E-state index contributed by atoms with van der Waals surface area (Å²) in [5.41, 5.74) is -0.00287. The molecule has 1 N–H and O–H groups in total. The van der Waals surface area contributed by atoms with Gasteiger partial charge in [0, 0.05) is 0 Å². The topological polar surface area (TPSA) is 55.2 Å². The molecule has 4 nitrogen and oxygen atoms in total. The van der Waals surface area contributed by atoms with Gasteiger partial charge in [0.1, 0.15) is 11.8 Å². The molecule has 0 bridgehead atoms. The number of aliphatic hydroxyl groups excluding tert-OH is 1. The summed E-state index contributed by atoms with van der Waals surface area (Å²) in [6.07, 6.45) is 3.86. The fourth-order valence-electron chi connectivity index (χ4n) is 1.41. The molecule has 90 valence electrons. The summed E-state index contributed by atoms with van der Waals surface area (Å²) in [5, 5.41) is 9.71. The van der Waals surface area contributed by atoms with Crippen LogP contribution in [-0.2, 0) is 0 Å². The number of methoxy groups -OCH3 is 1. The maximum atomic E-state index is 13.4. The highest BCUT2D eigenvalue weighted by molar-refractivity contribution is 5.10. The van der Waals surface area contributed by atoms with Gasteiger partial charge in [-0.15, -0.1) is 0 Å². The van der Waals surface area contributed by atoms with E-state index >= 15 is 0 Å². The van der Waals surface area contributed by atoms with Crippen LogP contribution in [0.1, 0.15) is 44.4 Å². The van der Waals surface area contributed by atoms with Crippen molar-refractivity contribution in [2.45, 2.75) is 38.7 Å². The summed E-state index contributed by atoms with van der Waals surface area (Å²) in [6.45, 7) is 2.07. The van der Waals surface area contributed by atoms with Gasteiger partial charge in [-0.3, -0.25) is 0 Å². The van der Waals surface area contributed by atoms with Crippen LogP contribution in [0.5, 0.6) is 5.88 Å². The van der Waals surface area contributed by atoms with Crippen molar-refractivity contribution in [2.24, 2.45) is 0 Å². The number of nitrogens with zero attached hydrogens (tertiary/aromatic N) is 2. The van der Waals surface area contributed by atoms with E-state index in [2.05, 4.69) is 16.9 Å². The van der Waals surface area contributed by atoms with E-state index in [0.717, 1.165) is 19.3 Å². The van der Waals surface area contributed by atoms with E-state index in [4.69, 9.17) is 4.74 Å². The molecule has 0 spiro atoms. The molecule has 0 saturated heterocycles. The first kappa shape index (κ1) is 12.8. The lowest BCUT2D eigenvalue weighted by Gasteiger charge is -2.10. The van der Waals surface area contributed by atoms with Crippen LogP contribution in [-0.4, -0.2) is 22.2 Å². The predicted molar refractivity (Wildman–Crippen MR) is 57.6 cm³/mol. The molecule has 0 radical (unpaired) electrons. The van der Waals surface area contributed by atoms with Gasteiger partial charge >= 0.3 is 0 Å². The Hall–Kier alpha value is -1.23. The van der Waals surface area contributed by atoms with Gasteiger partial charge in [-0.05, 0) is 6.42 Å². The SMILES string of the molecule is CCCCCC(O)c1ncc(OC)nc1F. The molecule has 16 heavy (non-hydrogen) atoms. The first-order chi connectivity index (χ1) is 7.69. The zero-order valence-electron chi connectivity index (χ0n) is 9.61. The van der Waals surface area contributed by atoms with Crippen LogP contribution in [0, 0.1) is 5.95 Å². The third kappa shape index (κ3) is 3.41. The minimum atomic E-state index is -0.884. The minimum absolute atomic E-state index is 0.00287. The van der Waals surface area contributed by atoms with Gasteiger partial charge in [-0.1, -0.05) is 26.2 Å². The minimum Gasteiger partial charge on any atom is -0.480 e. The molecule has 1 rings (SSSR count). The summed E-state index contributed by atoms with van der Waals surface area (Å²) in [6, 6.07) is 0. The maximum Gasteiger partial charge on any atom is 0.240 e. The van der Waals surface area contributed by atoms with Crippen molar-refractivity contribution in [3.63, 3.8) is 0 Å². The third-order valence-electron chi connectivity index (χ3n) is 2.34. The fourth-order valence-corrected chi connectivity index (χ4v) is 1.41. The molecule has 0 aromatic carbocycles. The Labute approximate surface area is 94.5 Å². The van der Waals surface area contributed by atoms with Gasteiger partial charge in [0.05, 0.1) is 13.3 Å². The quantitative estimate of drug-likeness (QED) is 0.759. The second-order valence-corrected chi connectivity index (χ2v) is 3.60. The molecule has 0 aliphatic heterocycles. The molecular formula is C11H17FN2O2. The number of ether oxygens (including phenoxy) is 1.